The predicted molar refractivity (Wildman–Crippen MR) is 184 cm³/mol. The number of para-hydroxylation sites is 1. The number of carbonyl (C=O) groups excluding carboxylic acids is 3. The molecule has 3 N–H and O–H groups in total. The summed E-state index contributed by atoms with van der Waals surface area (Å²) in [5, 5.41) is 2.93. The van der Waals surface area contributed by atoms with E-state index in [0.717, 1.165) is 72.8 Å². The second kappa shape index (κ2) is 14.8. The van der Waals surface area contributed by atoms with Crippen molar-refractivity contribution in [2.75, 3.05) is 38.5 Å². The van der Waals surface area contributed by atoms with Gasteiger partial charge in [0.1, 0.15) is 6.10 Å². The van der Waals surface area contributed by atoms with Crippen molar-refractivity contribution in [1.29, 1.82) is 0 Å². The number of hydrogen-bond donors (Lipinski definition) is 2. The van der Waals surface area contributed by atoms with Gasteiger partial charge in [-0.2, -0.15) is 0 Å². The van der Waals surface area contributed by atoms with Gasteiger partial charge in [0.25, 0.3) is 11.8 Å². The Morgan fingerprint density at radius 1 is 0.938 bits per heavy atom. The number of ether oxygens (including phenoxy) is 1. The summed E-state index contributed by atoms with van der Waals surface area (Å²) >= 11 is 0. The molecule has 48 heavy (non-hydrogen) atoms. The number of aromatic nitrogens is 2. The Kier molecular flexibility index (Phi) is 10.2. The van der Waals surface area contributed by atoms with Crippen LogP contribution in [0.3, 0.4) is 0 Å². The summed E-state index contributed by atoms with van der Waals surface area (Å²) in [5.41, 5.74) is 11.9. The largest absolute Gasteiger partial charge is 0.446 e. The molecule has 6 rings (SSSR count). The first kappa shape index (κ1) is 32.9. The van der Waals surface area contributed by atoms with Crippen molar-refractivity contribution in [3.63, 3.8) is 0 Å². The molecule has 250 valence electrons. The second-order valence-electron chi connectivity index (χ2n) is 12.5. The zero-order valence-electron chi connectivity index (χ0n) is 27.6. The van der Waals surface area contributed by atoms with E-state index >= 15 is 0 Å². The van der Waals surface area contributed by atoms with Crippen LogP contribution in [0.2, 0.25) is 0 Å². The predicted octanol–water partition coefficient (Wildman–Crippen LogP) is 4.97. The number of likely N-dealkylation sites (tertiary alicyclic amines) is 1. The Morgan fingerprint density at radius 2 is 1.65 bits per heavy atom. The third-order valence-corrected chi connectivity index (χ3v) is 9.20. The molecule has 3 aromatic carbocycles. The van der Waals surface area contributed by atoms with Crippen LogP contribution in [-0.4, -0.2) is 81.5 Å². The molecular weight excluding hydrogens is 606 g/mol. The van der Waals surface area contributed by atoms with Gasteiger partial charge in [-0.05, 0) is 49.1 Å². The number of hydrogen-bond acceptors (Lipinski definition) is 7. The fourth-order valence-corrected chi connectivity index (χ4v) is 6.59. The van der Waals surface area contributed by atoms with Gasteiger partial charge in [-0.3, -0.25) is 19.8 Å². The van der Waals surface area contributed by atoms with E-state index in [0.29, 0.717) is 37.6 Å². The Morgan fingerprint density at radius 3 is 2.35 bits per heavy atom. The van der Waals surface area contributed by atoms with E-state index in [1.54, 1.807) is 4.90 Å². The van der Waals surface area contributed by atoms with Gasteiger partial charge in [0, 0.05) is 70.5 Å². The third kappa shape index (κ3) is 7.58. The van der Waals surface area contributed by atoms with Crippen LogP contribution in [0.25, 0.3) is 11.1 Å². The zero-order valence-corrected chi connectivity index (χ0v) is 27.6. The van der Waals surface area contributed by atoms with Crippen LogP contribution in [0.1, 0.15) is 57.7 Å². The van der Waals surface area contributed by atoms with Gasteiger partial charge in [-0.25, -0.2) is 9.78 Å². The fraction of sp³-hybridized carbons (Fsp3) is 0.351. The molecule has 1 fully saturated rings. The Hall–Kier alpha value is -5.00. The molecule has 2 aliphatic rings. The van der Waals surface area contributed by atoms with E-state index < -0.39 is 12.0 Å². The van der Waals surface area contributed by atoms with Crippen molar-refractivity contribution < 1.29 is 19.1 Å². The topological polar surface area (TPSA) is 126 Å². The molecular formula is C37H43N7O4. The van der Waals surface area contributed by atoms with Crippen LogP contribution in [-0.2, 0) is 30.9 Å². The number of piperidine rings is 1. The molecule has 0 atom stereocenters. The molecule has 11 heteroatoms. The van der Waals surface area contributed by atoms with E-state index in [1.165, 1.54) is 0 Å². The molecule has 4 aromatic rings. The minimum atomic E-state index is -0.499. The van der Waals surface area contributed by atoms with Crippen molar-refractivity contribution in [3.05, 3.63) is 107 Å². The number of likely N-dealkylation sites (N-methyl/N-ethyl adjacent to an activating group) is 1. The molecule has 0 unspecified atom stereocenters. The summed E-state index contributed by atoms with van der Waals surface area (Å²) in [6, 6.07) is 25.5. The number of anilines is 1. The lowest BCUT2D eigenvalue weighted by Gasteiger charge is -2.32. The van der Waals surface area contributed by atoms with Gasteiger partial charge >= 0.3 is 6.09 Å². The highest BCUT2D eigenvalue weighted by molar-refractivity contribution is 5.94. The maximum absolute atomic E-state index is 13.2. The lowest BCUT2D eigenvalue weighted by Crippen LogP contribution is -2.42. The average Bonchev–Trinajstić information content (AvgIpc) is 3.66. The highest BCUT2D eigenvalue weighted by Crippen LogP contribution is 2.28. The Bertz CT molecular complexity index is 1750. The highest BCUT2D eigenvalue weighted by atomic mass is 16.6. The SMILES string of the molecule is CCn1c(C(N)=O)nc2c1CN(Cc1ccc(C(=O)N(C)CCN3CCC(OC(=O)Nc4ccccc4-c4ccccc4)CC3)cc1)C2. The van der Waals surface area contributed by atoms with Gasteiger partial charge in [0.2, 0.25) is 0 Å². The van der Waals surface area contributed by atoms with Gasteiger partial charge in [0.05, 0.1) is 17.1 Å². The van der Waals surface area contributed by atoms with Crippen LogP contribution >= 0.6 is 0 Å². The number of benzene rings is 3. The average molecular weight is 650 g/mol. The monoisotopic (exact) mass is 649 g/mol. The molecule has 1 saturated heterocycles. The normalized spacial score (nSPS) is 15.2. The fourth-order valence-electron chi connectivity index (χ4n) is 6.59. The first-order valence-electron chi connectivity index (χ1n) is 16.6. The van der Waals surface area contributed by atoms with Crippen LogP contribution in [0.15, 0.2) is 78.9 Å². The number of carbonyl (C=O) groups is 3. The lowest BCUT2D eigenvalue weighted by atomic mass is 10.0. The van der Waals surface area contributed by atoms with E-state index in [2.05, 4.69) is 20.1 Å². The quantitative estimate of drug-likeness (QED) is 0.235. The van der Waals surface area contributed by atoms with Crippen molar-refractivity contribution in [1.82, 2.24) is 24.3 Å². The maximum Gasteiger partial charge on any atom is 0.411 e. The van der Waals surface area contributed by atoms with Gasteiger partial charge in [-0.15, -0.1) is 0 Å². The van der Waals surface area contributed by atoms with E-state index in [4.69, 9.17) is 10.5 Å². The molecule has 3 amide bonds. The van der Waals surface area contributed by atoms with Crippen LogP contribution in [0, 0.1) is 0 Å². The number of imidazole rings is 1. The number of nitrogens with zero attached hydrogens (tertiary/aromatic N) is 5. The highest BCUT2D eigenvalue weighted by Gasteiger charge is 2.28. The summed E-state index contributed by atoms with van der Waals surface area (Å²) in [7, 11) is 1.83. The summed E-state index contributed by atoms with van der Waals surface area (Å²) in [6.07, 6.45) is 0.908. The summed E-state index contributed by atoms with van der Waals surface area (Å²) in [5.74, 6) is -0.184. The number of amides is 3. The van der Waals surface area contributed by atoms with Crippen molar-refractivity contribution in [2.45, 2.75) is 52.0 Å². The smallest absolute Gasteiger partial charge is 0.411 e. The first-order chi connectivity index (χ1) is 23.3. The molecule has 11 nitrogen and oxygen atoms in total. The molecule has 0 saturated carbocycles. The van der Waals surface area contributed by atoms with Crippen molar-refractivity contribution in [2.24, 2.45) is 5.73 Å². The number of nitrogens with one attached hydrogen (secondary N) is 1. The number of rotatable bonds is 11. The summed E-state index contributed by atoms with van der Waals surface area (Å²) in [6.45, 7) is 7.68. The standard InChI is InChI=1S/C37H43N7O4/c1-3-44-33-25-43(24-32(33)39-35(44)34(38)45)23-26-13-15-28(16-14-26)36(46)41(2)21-22-42-19-17-29(18-20-42)48-37(47)40-31-12-8-7-11-30(31)27-9-5-4-6-10-27/h4-16,29H,3,17-25H2,1-2H3,(H2,38,45)(H,40,47). The van der Waals surface area contributed by atoms with Crippen LogP contribution in [0.5, 0.6) is 0 Å². The van der Waals surface area contributed by atoms with Crippen LogP contribution in [0.4, 0.5) is 10.5 Å². The summed E-state index contributed by atoms with van der Waals surface area (Å²) in [4.78, 5) is 48.5. The minimum Gasteiger partial charge on any atom is -0.446 e. The molecule has 0 radical (unpaired) electrons. The summed E-state index contributed by atoms with van der Waals surface area (Å²) < 4.78 is 7.68. The number of nitrogens with two attached hydrogens (primary N) is 1. The van der Waals surface area contributed by atoms with Gasteiger partial charge in [0.15, 0.2) is 5.82 Å². The van der Waals surface area contributed by atoms with Gasteiger partial charge in [-0.1, -0.05) is 60.7 Å². The first-order valence-corrected chi connectivity index (χ1v) is 16.6. The molecule has 1 aromatic heterocycles. The van der Waals surface area contributed by atoms with Gasteiger partial charge < -0.3 is 24.8 Å². The second-order valence-corrected chi connectivity index (χ2v) is 12.5. The Labute approximate surface area is 281 Å². The van der Waals surface area contributed by atoms with Crippen molar-refractivity contribution >= 4 is 23.6 Å². The molecule has 2 aliphatic heterocycles. The van der Waals surface area contributed by atoms with Crippen molar-refractivity contribution in [3.8, 4) is 11.1 Å². The minimum absolute atomic E-state index is 0.0130. The molecule has 0 bridgehead atoms. The maximum atomic E-state index is 13.2. The lowest BCUT2D eigenvalue weighted by molar-refractivity contribution is 0.0540. The third-order valence-electron chi connectivity index (χ3n) is 9.20. The van der Waals surface area contributed by atoms with E-state index in [9.17, 15) is 14.4 Å². The number of fused-ring (bicyclic) bond motifs is 1. The zero-order chi connectivity index (χ0) is 33.6. The number of primary amides is 1. The molecule has 3 heterocycles. The molecule has 0 spiro atoms. The molecule has 0 aliphatic carbocycles. The van der Waals surface area contributed by atoms with Crippen LogP contribution < -0.4 is 11.1 Å². The van der Waals surface area contributed by atoms with E-state index in [-0.39, 0.29) is 12.0 Å². The van der Waals surface area contributed by atoms with E-state index in [1.807, 2.05) is 97.4 Å². The Balaban J connectivity index is 0.920.